The van der Waals surface area contributed by atoms with Crippen LogP contribution in [0, 0.1) is 5.82 Å². The average Bonchev–Trinajstić information content (AvgIpc) is 2.55. The fourth-order valence-electron chi connectivity index (χ4n) is 1.63. The molecule has 0 heterocycles. The molecule has 0 unspecified atom stereocenters. The van der Waals surface area contributed by atoms with E-state index in [1.54, 1.807) is 43.5 Å². The van der Waals surface area contributed by atoms with Gasteiger partial charge in [-0.3, -0.25) is 4.79 Å². The number of nitrogens with one attached hydrogen (secondary N) is 1. The molecular formula is C16H14BrFN2O3. The number of carbonyl (C=O) groups excluding carboxylic acids is 1. The van der Waals surface area contributed by atoms with Crippen molar-refractivity contribution >= 4 is 28.1 Å². The van der Waals surface area contributed by atoms with Gasteiger partial charge >= 0.3 is 0 Å². The molecule has 120 valence electrons. The molecule has 7 heteroatoms. The van der Waals surface area contributed by atoms with Crippen LogP contribution in [0.4, 0.5) is 4.39 Å². The SMILES string of the molecule is COc1ccc(OCC(=O)N/N=C\c2ccc(Br)cc2F)cc1. The number of hydrazone groups is 1. The summed E-state index contributed by atoms with van der Waals surface area (Å²) in [6.45, 7) is -0.202. The third-order valence-electron chi connectivity index (χ3n) is 2.78. The maximum absolute atomic E-state index is 13.5. The summed E-state index contributed by atoms with van der Waals surface area (Å²) >= 11 is 3.16. The minimum atomic E-state index is -0.449. The Morgan fingerprint density at radius 2 is 1.96 bits per heavy atom. The number of rotatable bonds is 6. The number of methoxy groups -OCH3 is 1. The van der Waals surface area contributed by atoms with Gasteiger partial charge in [-0.1, -0.05) is 15.9 Å². The van der Waals surface area contributed by atoms with Crippen molar-refractivity contribution in [3.63, 3.8) is 0 Å². The Hall–Kier alpha value is -2.41. The average molecular weight is 381 g/mol. The van der Waals surface area contributed by atoms with E-state index in [0.29, 0.717) is 16.0 Å². The number of ether oxygens (including phenoxy) is 2. The van der Waals surface area contributed by atoms with E-state index in [-0.39, 0.29) is 12.2 Å². The lowest BCUT2D eigenvalue weighted by atomic mass is 10.2. The third kappa shape index (κ3) is 5.37. The fourth-order valence-corrected chi connectivity index (χ4v) is 1.97. The Bertz CT molecular complexity index is 705. The molecule has 0 saturated heterocycles. The summed E-state index contributed by atoms with van der Waals surface area (Å²) in [6.07, 6.45) is 1.23. The number of nitrogens with zero attached hydrogens (tertiary/aromatic N) is 1. The van der Waals surface area contributed by atoms with Crippen LogP contribution >= 0.6 is 15.9 Å². The van der Waals surface area contributed by atoms with Gasteiger partial charge in [0.2, 0.25) is 0 Å². The molecule has 0 saturated carbocycles. The van der Waals surface area contributed by atoms with E-state index in [1.807, 2.05) is 0 Å². The molecule has 2 aromatic rings. The molecule has 1 amide bonds. The first-order valence-electron chi connectivity index (χ1n) is 6.62. The van der Waals surface area contributed by atoms with Gasteiger partial charge in [0.05, 0.1) is 13.3 Å². The summed E-state index contributed by atoms with van der Waals surface area (Å²) in [5.74, 6) is 0.341. The molecule has 0 bridgehead atoms. The molecule has 1 N–H and O–H groups in total. The summed E-state index contributed by atoms with van der Waals surface area (Å²) in [5, 5.41) is 3.69. The molecule has 0 radical (unpaired) electrons. The van der Waals surface area contributed by atoms with E-state index < -0.39 is 11.7 Å². The zero-order valence-electron chi connectivity index (χ0n) is 12.3. The largest absolute Gasteiger partial charge is 0.497 e. The van der Waals surface area contributed by atoms with Gasteiger partial charge in [-0.2, -0.15) is 5.10 Å². The first-order valence-corrected chi connectivity index (χ1v) is 7.41. The first-order chi connectivity index (χ1) is 11.1. The highest BCUT2D eigenvalue weighted by atomic mass is 79.9. The molecule has 0 aliphatic carbocycles. The van der Waals surface area contributed by atoms with E-state index in [9.17, 15) is 9.18 Å². The van der Waals surface area contributed by atoms with Crippen LogP contribution in [0.5, 0.6) is 11.5 Å². The minimum absolute atomic E-state index is 0.202. The Morgan fingerprint density at radius 3 is 2.61 bits per heavy atom. The standard InChI is InChI=1S/C16H14BrFN2O3/c1-22-13-4-6-14(7-5-13)23-10-16(21)20-19-9-11-2-3-12(17)8-15(11)18/h2-9H,10H2,1H3,(H,20,21)/b19-9-. The van der Waals surface area contributed by atoms with Gasteiger partial charge in [0, 0.05) is 10.0 Å². The van der Waals surface area contributed by atoms with Gasteiger partial charge in [-0.15, -0.1) is 0 Å². The van der Waals surface area contributed by atoms with Gasteiger partial charge in [-0.25, -0.2) is 9.82 Å². The summed E-state index contributed by atoms with van der Waals surface area (Å²) < 4.78 is 24.5. The highest BCUT2D eigenvalue weighted by Crippen LogP contribution is 2.16. The van der Waals surface area contributed by atoms with Gasteiger partial charge < -0.3 is 9.47 Å². The molecule has 0 aliphatic heterocycles. The molecule has 0 aromatic heterocycles. The van der Waals surface area contributed by atoms with E-state index in [4.69, 9.17) is 9.47 Å². The Kier molecular flexibility index (Phi) is 6.10. The second-order valence-corrected chi connectivity index (χ2v) is 5.34. The lowest BCUT2D eigenvalue weighted by molar-refractivity contribution is -0.123. The molecule has 0 fully saturated rings. The van der Waals surface area contributed by atoms with Gasteiger partial charge in [0.25, 0.3) is 5.91 Å². The first kappa shape index (κ1) is 17.0. The zero-order valence-corrected chi connectivity index (χ0v) is 13.8. The van der Waals surface area contributed by atoms with Crippen molar-refractivity contribution in [1.82, 2.24) is 5.43 Å². The van der Waals surface area contributed by atoms with Crippen LogP contribution in [0.3, 0.4) is 0 Å². The van der Waals surface area contributed by atoms with Crippen molar-refractivity contribution in [3.8, 4) is 11.5 Å². The fraction of sp³-hybridized carbons (Fsp3) is 0.125. The normalized spacial score (nSPS) is 10.6. The van der Waals surface area contributed by atoms with Crippen molar-refractivity contribution in [2.45, 2.75) is 0 Å². The molecule has 0 spiro atoms. The van der Waals surface area contributed by atoms with E-state index in [1.165, 1.54) is 12.3 Å². The summed E-state index contributed by atoms with van der Waals surface area (Å²) in [7, 11) is 1.57. The lowest BCUT2D eigenvalue weighted by Crippen LogP contribution is -2.24. The third-order valence-corrected chi connectivity index (χ3v) is 3.28. The van der Waals surface area contributed by atoms with Crippen LogP contribution in [0.2, 0.25) is 0 Å². The van der Waals surface area contributed by atoms with E-state index >= 15 is 0 Å². The quantitative estimate of drug-likeness (QED) is 0.618. The molecule has 0 aliphatic rings. The van der Waals surface area contributed by atoms with Crippen molar-refractivity contribution in [1.29, 1.82) is 0 Å². The number of halogens is 2. The Balaban J connectivity index is 1.81. The number of carbonyl (C=O) groups is 1. The predicted molar refractivity (Wildman–Crippen MR) is 88.3 cm³/mol. The number of hydrogen-bond acceptors (Lipinski definition) is 4. The van der Waals surface area contributed by atoms with Crippen molar-refractivity contribution in [2.24, 2.45) is 5.10 Å². The number of amides is 1. The van der Waals surface area contributed by atoms with Gasteiger partial charge in [-0.05, 0) is 42.5 Å². The minimum Gasteiger partial charge on any atom is -0.497 e. The monoisotopic (exact) mass is 380 g/mol. The van der Waals surface area contributed by atoms with Crippen LogP contribution in [-0.2, 0) is 4.79 Å². The Morgan fingerprint density at radius 1 is 1.26 bits per heavy atom. The predicted octanol–water partition coefficient (Wildman–Crippen LogP) is 3.13. The van der Waals surface area contributed by atoms with Crippen LogP contribution in [0.1, 0.15) is 5.56 Å². The smallest absolute Gasteiger partial charge is 0.277 e. The maximum Gasteiger partial charge on any atom is 0.277 e. The molecule has 2 aromatic carbocycles. The highest BCUT2D eigenvalue weighted by molar-refractivity contribution is 9.10. The second kappa shape index (κ2) is 8.28. The molecule has 5 nitrogen and oxygen atoms in total. The van der Waals surface area contributed by atoms with Crippen LogP contribution in [0.15, 0.2) is 52.0 Å². The van der Waals surface area contributed by atoms with Gasteiger partial charge in [0.15, 0.2) is 6.61 Å². The van der Waals surface area contributed by atoms with Gasteiger partial charge in [0.1, 0.15) is 17.3 Å². The highest BCUT2D eigenvalue weighted by Gasteiger charge is 2.03. The molecule has 2 rings (SSSR count). The van der Waals surface area contributed by atoms with Crippen LogP contribution < -0.4 is 14.9 Å². The maximum atomic E-state index is 13.5. The molecule has 0 atom stereocenters. The number of hydrogen-bond donors (Lipinski definition) is 1. The summed E-state index contributed by atoms with van der Waals surface area (Å²) in [4.78, 5) is 11.6. The van der Waals surface area contributed by atoms with E-state index in [0.717, 1.165) is 0 Å². The van der Waals surface area contributed by atoms with Crippen LogP contribution in [-0.4, -0.2) is 25.8 Å². The number of benzene rings is 2. The van der Waals surface area contributed by atoms with Crippen molar-refractivity contribution in [3.05, 3.63) is 58.3 Å². The second-order valence-electron chi connectivity index (χ2n) is 4.42. The van der Waals surface area contributed by atoms with Crippen LogP contribution in [0.25, 0.3) is 0 Å². The lowest BCUT2D eigenvalue weighted by Gasteiger charge is -2.05. The van der Waals surface area contributed by atoms with Crippen molar-refractivity contribution in [2.75, 3.05) is 13.7 Å². The summed E-state index contributed by atoms with van der Waals surface area (Å²) in [5.41, 5.74) is 2.54. The zero-order chi connectivity index (χ0) is 16.7. The van der Waals surface area contributed by atoms with Crippen molar-refractivity contribution < 1.29 is 18.7 Å². The summed E-state index contributed by atoms with van der Waals surface area (Å²) in [6, 6.07) is 11.4. The molecular weight excluding hydrogens is 367 g/mol. The Labute approximate surface area is 141 Å². The topological polar surface area (TPSA) is 59.9 Å². The molecule has 23 heavy (non-hydrogen) atoms. The van der Waals surface area contributed by atoms with E-state index in [2.05, 4.69) is 26.5 Å².